The molecule has 0 radical (unpaired) electrons. The lowest BCUT2D eigenvalue weighted by atomic mass is 10.1. The summed E-state index contributed by atoms with van der Waals surface area (Å²) < 4.78 is 41.1. The number of halogens is 1. The molecule has 4 rings (SSSR count). The Morgan fingerprint density at radius 1 is 1.08 bits per heavy atom. The molecule has 0 atom stereocenters. The lowest BCUT2D eigenvalue weighted by Gasteiger charge is -2.16. The van der Waals surface area contributed by atoms with Gasteiger partial charge < -0.3 is 5.32 Å². The summed E-state index contributed by atoms with van der Waals surface area (Å²) in [6, 6.07) is 11.8. The molecule has 0 aliphatic carbocycles. The van der Waals surface area contributed by atoms with Crippen molar-refractivity contribution in [1.29, 1.82) is 0 Å². The third-order valence-corrected chi connectivity index (χ3v) is 5.90. The topological polar surface area (TPSA) is 68.2 Å². The Kier molecular flexibility index (Phi) is 3.21. The number of nitrogens with zero attached hydrogens (tertiary/aromatic N) is 1. The van der Waals surface area contributed by atoms with E-state index >= 15 is 0 Å². The molecule has 3 aromatic rings. The first-order chi connectivity index (χ1) is 11.5. The second kappa shape index (κ2) is 5.17. The van der Waals surface area contributed by atoms with E-state index in [0.29, 0.717) is 29.6 Å². The number of aromatic nitrogens is 1. The molecule has 1 N–H and O–H groups in total. The average Bonchev–Trinajstić information content (AvgIpc) is 2.91. The summed E-state index contributed by atoms with van der Waals surface area (Å²) in [5, 5.41) is 2.99. The summed E-state index contributed by atoms with van der Waals surface area (Å²) in [5.41, 5.74) is 0.931. The van der Waals surface area contributed by atoms with Gasteiger partial charge in [-0.15, -0.1) is 0 Å². The third kappa shape index (κ3) is 2.05. The normalized spacial score (nSPS) is 14.5. The fourth-order valence-corrected chi connectivity index (χ4v) is 4.73. The number of amides is 1. The lowest BCUT2D eigenvalue weighted by molar-refractivity contribution is 0.0947. The van der Waals surface area contributed by atoms with Crippen LogP contribution in [0.25, 0.3) is 10.9 Å². The predicted molar refractivity (Wildman–Crippen MR) is 87.0 cm³/mol. The van der Waals surface area contributed by atoms with E-state index < -0.39 is 15.8 Å². The van der Waals surface area contributed by atoms with Crippen molar-refractivity contribution in [3.05, 3.63) is 65.6 Å². The summed E-state index contributed by atoms with van der Waals surface area (Å²) >= 11 is 0. The molecule has 1 aromatic heterocycles. The highest BCUT2D eigenvalue weighted by molar-refractivity contribution is 7.90. The summed E-state index contributed by atoms with van der Waals surface area (Å²) in [5.74, 6) is -0.896. The monoisotopic (exact) mass is 344 g/mol. The summed E-state index contributed by atoms with van der Waals surface area (Å²) in [6.07, 6.45) is 0.365. The van der Waals surface area contributed by atoms with E-state index in [9.17, 15) is 17.6 Å². The van der Waals surface area contributed by atoms with Gasteiger partial charge in [0.15, 0.2) is 0 Å². The highest BCUT2D eigenvalue weighted by atomic mass is 32.2. The van der Waals surface area contributed by atoms with Gasteiger partial charge in [0, 0.05) is 18.4 Å². The highest BCUT2D eigenvalue weighted by Gasteiger charge is 2.31. The molecule has 1 amide bonds. The first-order valence-corrected chi connectivity index (χ1v) is 8.86. The first-order valence-electron chi connectivity index (χ1n) is 7.42. The van der Waals surface area contributed by atoms with Gasteiger partial charge in [-0.25, -0.2) is 16.8 Å². The number of rotatable bonds is 2. The minimum atomic E-state index is -3.89. The fourth-order valence-electron chi connectivity index (χ4n) is 3.12. The van der Waals surface area contributed by atoms with Gasteiger partial charge in [-0.3, -0.25) is 4.79 Å². The molecule has 0 saturated heterocycles. The SMILES string of the molecule is O=C1NCCc2c1c1cc(F)ccc1n2S(=O)(=O)c1ccccc1. The van der Waals surface area contributed by atoms with E-state index in [1.54, 1.807) is 18.2 Å². The van der Waals surface area contributed by atoms with Crippen molar-refractivity contribution in [2.24, 2.45) is 0 Å². The van der Waals surface area contributed by atoms with Gasteiger partial charge in [0.1, 0.15) is 5.82 Å². The number of hydrogen-bond acceptors (Lipinski definition) is 3. The van der Waals surface area contributed by atoms with Crippen molar-refractivity contribution in [2.75, 3.05) is 6.54 Å². The maximum atomic E-state index is 13.7. The van der Waals surface area contributed by atoms with Gasteiger partial charge in [0.25, 0.3) is 15.9 Å². The Bertz CT molecular complexity index is 1070. The summed E-state index contributed by atoms with van der Waals surface area (Å²) in [4.78, 5) is 12.4. The molecule has 0 bridgehead atoms. The van der Waals surface area contributed by atoms with Crippen LogP contribution in [0, 0.1) is 5.82 Å². The molecule has 122 valence electrons. The zero-order chi connectivity index (χ0) is 16.9. The number of benzene rings is 2. The largest absolute Gasteiger partial charge is 0.352 e. The Morgan fingerprint density at radius 3 is 2.58 bits per heavy atom. The van der Waals surface area contributed by atoms with Crippen molar-refractivity contribution in [1.82, 2.24) is 9.29 Å². The van der Waals surface area contributed by atoms with Crippen molar-refractivity contribution < 1.29 is 17.6 Å². The van der Waals surface area contributed by atoms with E-state index in [1.807, 2.05) is 0 Å². The van der Waals surface area contributed by atoms with Gasteiger partial charge in [-0.1, -0.05) is 18.2 Å². The van der Waals surface area contributed by atoms with Crippen LogP contribution in [0.4, 0.5) is 4.39 Å². The van der Waals surface area contributed by atoms with Crippen LogP contribution >= 0.6 is 0 Å². The number of nitrogens with one attached hydrogen (secondary N) is 1. The standard InChI is InChI=1S/C17H13FN2O3S/c18-11-6-7-14-13(10-11)16-15(8-9-19-17(16)21)20(14)24(22,23)12-4-2-1-3-5-12/h1-7,10H,8-9H2,(H,19,21). The minimum Gasteiger partial charge on any atom is -0.352 e. The van der Waals surface area contributed by atoms with Crippen LogP contribution in [0.1, 0.15) is 16.1 Å². The van der Waals surface area contributed by atoms with E-state index in [1.165, 1.54) is 34.3 Å². The molecule has 0 fully saturated rings. The van der Waals surface area contributed by atoms with Gasteiger partial charge in [-0.05, 0) is 30.3 Å². The van der Waals surface area contributed by atoms with Gasteiger partial charge in [-0.2, -0.15) is 0 Å². The van der Waals surface area contributed by atoms with Crippen LogP contribution in [0.3, 0.4) is 0 Å². The van der Waals surface area contributed by atoms with Crippen molar-refractivity contribution >= 4 is 26.8 Å². The molecule has 7 heteroatoms. The van der Waals surface area contributed by atoms with Crippen molar-refractivity contribution in [3.63, 3.8) is 0 Å². The zero-order valence-corrected chi connectivity index (χ0v) is 13.3. The van der Waals surface area contributed by atoms with E-state index in [2.05, 4.69) is 5.32 Å². The Hall–Kier alpha value is -2.67. The number of fused-ring (bicyclic) bond motifs is 3. The Morgan fingerprint density at radius 2 is 1.83 bits per heavy atom. The molecule has 5 nitrogen and oxygen atoms in total. The number of carbonyl (C=O) groups is 1. The van der Waals surface area contributed by atoms with Crippen LogP contribution in [0.2, 0.25) is 0 Å². The van der Waals surface area contributed by atoms with E-state index in [0.717, 1.165) is 0 Å². The number of hydrogen-bond donors (Lipinski definition) is 1. The maximum Gasteiger partial charge on any atom is 0.268 e. The van der Waals surface area contributed by atoms with E-state index in [4.69, 9.17) is 0 Å². The molecule has 1 aliphatic rings. The average molecular weight is 344 g/mol. The van der Waals surface area contributed by atoms with Crippen LogP contribution in [0.15, 0.2) is 53.4 Å². The van der Waals surface area contributed by atoms with Crippen LogP contribution in [-0.4, -0.2) is 24.8 Å². The molecule has 2 aromatic carbocycles. The molecular formula is C17H13FN2O3S. The summed E-state index contributed by atoms with van der Waals surface area (Å²) in [7, 11) is -3.89. The molecule has 0 unspecified atom stereocenters. The third-order valence-electron chi connectivity index (χ3n) is 4.14. The first kappa shape index (κ1) is 14.9. The Labute approximate surface area is 137 Å². The highest BCUT2D eigenvalue weighted by Crippen LogP contribution is 2.32. The zero-order valence-electron chi connectivity index (χ0n) is 12.5. The van der Waals surface area contributed by atoms with Crippen molar-refractivity contribution in [2.45, 2.75) is 11.3 Å². The maximum absolute atomic E-state index is 13.7. The second-order valence-electron chi connectivity index (χ2n) is 5.57. The van der Waals surface area contributed by atoms with E-state index in [-0.39, 0.29) is 16.4 Å². The van der Waals surface area contributed by atoms with Gasteiger partial charge in [0.05, 0.1) is 21.7 Å². The summed E-state index contributed by atoms with van der Waals surface area (Å²) in [6.45, 7) is 0.342. The predicted octanol–water partition coefficient (Wildman–Crippen LogP) is 2.30. The molecule has 24 heavy (non-hydrogen) atoms. The second-order valence-corrected chi connectivity index (χ2v) is 7.36. The molecule has 0 saturated carbocycles. The van der Waals surface area contributed by atoms with Crippen molar-refractivity contribution in [3.8, 4) is 0 Å². The molecule has 2 heterocycles. The smallest absolute Gasteiger partial charge is 0.268 e. The quantitative estimate of drug-likeness (QED) is 0.776. The molecular weight excluding hydrogens is 331 g/mol. The van der Waals surface area contributed by atoms with Crippen LogP contribution < -0.4 is 5.32 Å². The fraction of sp³-hybridized carbons (Fsp3) is 0.118. The van der Waals surface area contributed by atoms with Crippen LogP contribution in [-0.2, 0) is 16.4 Å². The lowest BCUT2D eigenvalue weighted by Crippen LogP contribution is -2.33. The van der Waals surface area contributed by atoms with Gasteiger partial charge in [0.2, 0.25) is 0 Å². The van der Waals surface area contributed by atoms with Crippen LogP contribution in [0.5, 0.6) is 0 Å². The molecule has 1 aliphatic heterocycles. The Balaban J connectivity index is 2.12. The number of carbonyl (C=O) groups excluding carboxylic acids is 1. The van der Waals surface area contributed by atoms with Gasteiger partial charge >= 0.3 is 0 Å². The molecule has 0 spiro atoms. The minimum absolute atomic E-state index is 0.125.